The minimum atomic E-state index is -0.715. The normalized spacial score (nSPS) is 13.4. The summed E-state index contributed by atoms with van der Waals surface area (Å²) in [4.78, 5) is 12.2. The van der Waals surface area contributed by atoms with Gasteiger partial charge in [-0.15, -0.1) is 0 Å². The van der Waals surface area contributed by atoms with Gasteiger partial charge >= 0.3 is 0 Å². The number of halogens is 1. The number of carbonyl (C=O) groups is 1. The second-order valence-corrected chi connectivity index (χ2v) is 5.95. The number of rotatable bonds is 7. The lowest BCUT2D eigenvalue weighted by Crippen LogP contribution is -2.39. The fourth-order valence-electron chi connectivity index (χ4n) is 1.91. The van der Waals surface area contributed by atoms with Gasteiger partial charge in [-0.3, -0.25) is 4.79 Å². The molecule has 1 aromatic heterocycles. The van der Waals surface area contributed by atoms with Crippen molar-refractivity contribution in [2.75, 3.05) is 6.54 Å². The topological polar surface area (TPSA) is 58.6 Å². The highest BCUT2D eigenvalue weighted by atomic mass is 35.5. The summed E-state index contributed by atoms with van der Waals surface area (Å²) in [5.41, 5.74) is 0.797. The SMILES string of the molecule is CCC(Oc1ccccc1Cl)C(=O)NCC(O)c1ccsc1. The number of nitrogens with one attached hydrogen (secondary N) is 1. The molecule has 0 aliphatic rings. The van der Waals surface area contributed by atoms with Crippen LogP contribution in [0.5, 0.6) is 5.75 Å². The van der Waals surface area contributed by atoms with Crippen LogP contribution in [0.4, 0.5) is 0 Å². The molecule has 0 fully saturated rings. The largest absolute Gasteiger partial charge is 0.479 e. The Bertz CT molecular complexity index is 603. The first-order chi connectivity index (χ1) is 10.6. The van der Waals surface area contributed by atoms with Crippen molar-refractivity contribution in [2.24, 2.45) is 0 Å². The summed E-state index contributed by atoms with van der Waals surface area (Å²) in [5.74, 6) is 0.209. The zero-order valence-corrected chi connectivity index (χ0v) is 13.7. The Balaban J connectivity index is 1.90. The highest BCUT2D eigenvalue weighted by molar-refractivity contribution is 7.07. The third-order valence-electron chi connectivity index (χ3n) is 3.17. The number of aliphatic hydroxyl groups is 1. The van der Waals surface area contributed by atoms with Crippen LogP contribution in [-0.4, -0.2) is 23.7 Å². The molecule has 0 spiro atoms. The van der Waals surface area contributed by atoms with Gasteiger partial charge in [0.2, 0.25) is 0 Å². The standard InChI is InChI=1S/C16H18ClNO3S/c1-2-14(21-15-6-4-3-5-12(15)17)16(20)18-9-13(19)11-7-8-22-10-11/h3-8,10,13-14,19H,2,9H2,1H3,(H,18,20). The molecule has 1 aromatic carbocycles. The van der Waals surface area contributed by atoms with E-state index in [1.54, 1.807) is 24.3 Å². The van der Waals surface area contributed by atoms with Crippen LogP contribution in [0, 0.1) is 0 Å². The number of hydrogen-bond acceptors (Lipinski definition) is 4. The van der Waals surface area contributed by atoms with Crippen molar-refractivity contribution in [1.82, 2.24) is 5.32 Å². The average Bonchev–Trinajstić information content (AvgIpc) is 3.06. The van der Waals surface area contributed by atoms with Gasteiger partial charge in [0, 0.05) is 6.54 Å². The van der Waals surface area contributed by atoms with Gasteiger partial charge in [-0.05, 0) is 40.9 Å². The molecule has 1 heterocycles. The monoisotopic (exact) mass is 339 g/mol. The van der Waals surface area contributed by atoms with E-state index < -0.39 is 12.2 Å². The highest BCUT2D eigenvalue weighted by Crippen LogP contribution is 2.25. The van der Waals surface area contributed by atoms with Gasteiger partial charge in [-0.1, -0.05) is 30.7 Å². The van der Waals surface area contributed by atoms with Gasteiger partial charge < -0.3 is 15.2 Å². The molecule has 2 unspecified atom stereocenters. The van der Waals surface area contributed by atoms with Crippen LogP contribution in [0.15, 0.2) is 41.1 Å². The van der Waals surface area contributed by atoms with Crippen molar-refractivity contribution in [1.29, 1.82) is 0 Å². The van der Waals surface area contributed by atoms with Crippen LogP contribution in [0.25, 0.3) is 0 Å². The van der Waals surface area contributed by atoms with Gasteiger partial charge in [0.25, 0.3) is 5.91 Å². The molecule has 1 amide bonds. The van der Waals surface area contributed by atoms with E-state index in [2.05, 4.69) is 5.32 Å². The lowest BCUT2D eigenvalue weighted by molar-refractivity contribution is -0.128. The molecule has 4 nitrogen and oxygen atoms in total. The Kier molecular flexibility index (Phi) is 6.24. The van der Waals surface area contributed by atoms with E-state index in [1.807, 2.05) is 23.8 Å². The van der Waals surface area contributed by atoms with Gasteiger partial charge in [0.1, 0.15) is 5.75 Å². The lowest BCUT2D eigenvalue weighted by Gasteiger charge is -2.19. The Morgan fingerprint density at radius 3 is 2.82 bits per heavy atom. The summed E-state index contributed by atoms with van der Waals surface area (Å²) < 4.78 is 5.66. The maximum absolute atomic E-state index is 12.2. The Labute approximate surface area is 138 Å². The van der Waals surface area contributed by atoms with Crippen molar-refractivity contribution >= 4 is 28.8 Å². The van der Waals surface area contributed by atoms with E-state index >= 15 is 0 Å². The highest BCUT2D eigenvalue weighted by Gasteiger charge is 2.20. The van der Waals surface area contributed by atoms with Crippen molar-refractivity contribution in [3.8, 4) is 5.75 Å². The maximum atomic E-state index is 12.2. The fourth-order valence-corrected chi connectivity index (χ4v) is 2.80. The van der Waals surface area contributed by atoms with Crippen LogP contribution in [-0.2, 0) is 4.79 Å². The summed E-state index contributed by atoms with van der Waals surface area (Å²) >= 11 is 7.53. The second-order valence-electron chi connectivity index (χ2n) is 4.76. The van der Waals surface area contributed by atoms with Crippen molar-refractivity contribution in [2.45, 2.75) is 25.6 Å². The molecule has 6 heteroatoms. The molecule has 0 aliphatic carbocycles. The maximum Gasteiger partial charge on any atom is 0.261 e. The van der Waals surface area contributed by atoms with Crippen LogP contribution < -0.4 is 10.1 Å². The van der Waals surface area contributed by atoms with Crippen molar-refractivity contribution in [3.63, 3.8) is 0 Å². The van der Waals surface area contributed by atoms with E-state index in [4.69, 9.17) is 16.3 Å². The van der Waals surface area contributed by atoms with Crippen LogP contribution in [0.3, 0.4) is 0 Å². The summed E-state index contributed by atoms with van der Waals surface area (Å²) in [7, 11) is 0. The summed E-state index contributed by atoms with van der Waals surface area (Å²) in [6.07, 6.45) is -0.853. The first-order valence-electron chi connectivity index (χ1n) is 7.01. The van der Waals surface area contributed by atoms with Crippen LogP contribution >= 0.6 is 22.9 Å². The lowest BCUT2D eigenvalue weighted by atomic mass is 10.2. The minimum Gasteiger partial charge on any atom is -0.479 e. The summed E-state index contributed by atoms with van der Waals surface area (Å²) in [6, 6.07) is 8.86. The number of hydrogen-bond donors (Lipinski definition) is 2. The van der Waals surface area contributed by atoms with Crippen LogP contribution in [0.1, 0.15) is 25.0 Å². The predicted octanol–water partition coefficient (Wildman–Crippen LogP) is 3.41. The summed E-state index contributed by atoms with van der Waals surface area (Å²) in [5, 5.41) is 16.9. The fraction of sp³-hybridized carbons (Fsp3) is 0.312. The minimum absolute atomic E-state index is 0.151. The Morgan fingerprint density at radius 2 is 2.18 bits per heavy atom. The Hall–Kier alpha value is -1.56. The third kappa shape index (κ3) is 4.47. The molecule has 118 valence electrons. The molecule has 0 saturated carbocycles. The smallest absolute Gasteiger partial charge is 0.261 e. The molecule has 0 saturated heterocycles. The Morgan fingerprint density at radius 1 is 1.41 bits per heavy atom. The van der Waals surface area contributed by atoms with Gasteiger partial charge in [-0.25, -0.2) is 0 Å². The molecule has 0 bridgehead atoms. The van der Waals surface area contributed by atoms with Crippen LogP contribution in [0.2, 0.25) is 5.02 Å². The van der Waals surface area contributed by atoms with E-state index in [0.717, 1.165) is 5.56 Å². The quantitative estimate of drug-likeness (QED) is 0.812. The summed E-state index contributed by atoms with van der Waals surface area (Å²) in [6.45, 7) is 2.01. The zero-order valence-electron chi connectivity index (χ0n) is 12.2. The van der Waals surface area contributed by atoms with E-state index in [-0.39, 0.29) is 12.5 Å². The van der Waals surface area contributed by atoms with E-state index in [0.29, 0.717) is 17.2 Å². The second kappa shape index (κ2) is 8.17. The number of thiophene rings is 1. The van der Waals surface area contributed by atoms with Gasteiger partial charge in [0.15, 0.2) is 6.10 Å². The zero-order chi connectivity index (χ0) is 15.9. The number of para-hydroxylation sites is 1. The molecular weight excluding hydrogens is 322 g/mol. The van der Waals surface area contributed by atoms with Crippen molar-refractivity contribution < 1.29 is 14.6 Å². The molecule has 2 atom stereocenters. The molecular formula is C16H18ClNO3S. The number of ether oxygens (including phenoxy) is 1. The number of amides is 1. The number of benzene rings is 1. The van der Waals surface area contributed by atoms with Crippen molar-refractivity contribution in [3.05, 3.63) is 51.7 Å². The van der Waals surface area contributed by atoms with E-state index in [9.17, 15) is 9.90 Å². The molecule has 22 heavy (non-hydrogen) atoms. The molecule has 0 radical (unpaired) electrons. The van der Waals surface area contributed by atoms with E-state index in [1.165, 1.54) is 11.3 Å². The number of carbonyl (C=O) groups excluding carboxylic acids is 1. The predicted molar refractivity (Wildman–Crippen MR) is 88.4 cm³/mol. The third-order valence-corrected chi connectivity index (χ3v) is 4.18. The molecule has 0 aliphatic heterocycles. The van der Waals surface area contributed by atoms with Gasteiger partial charge in [0.05, 0.1) is 11.1 Å². The first-order valence-corrected chi connectivity index (χ1v) is 8.33. The molecule has 2 rings (SSSR count). The first kappa shape index (κ1) is 16.8. The molecule has 2 N–H and O–H groups in total. The molecule has 2 aromatic rings. The number of aliphatic hydroxyl groups excluding tert-OH is 1. The van der Waals surface area contributed by atoms with Gasteiger partial charge in [-0.2, -0.15) is 11.3 Å². The average molecular weight is 340 g/mol.